The molecule has 2 N–H and O–H groups in total. The Morgan fingerprint density at radius 2 is 2.10 bits per heavy atom. The number of nitrogens with one attached hydrogen (secondary N) is 2. The quantitative estimate of drug-likeness (QED) is 0.774. The van der Waals surface area contributed by atoms with Gasteiger partial charge >= 0.3 is 6.03 Å². The zero-order chi connectivity index (χ0) is 19.7. The van der Waals surface area contributed by atoms with Crippen LogP contribution in [0.4, 0.5) is 10.5 Å². The summed E-state index contributed by atoms with van der Waals surface area (Å²) in [4.78, 5) is 33.4. The molecule has 29 heavy (non-hydrogen) atoms. The molecule has 0 aliphatic carbocycles. The van der Waals surface area contributed by atoms with Gasteiger partial charge in [-0.3, -0.25) is 9.69 Å². The molecule has 156 valence electrons. The van der Waals surface area contributed by atoms with Gasteiger partial charge in [-0.25, -0.2) is 9.78 Å². The molecule has 2 saturated heterocycles. The van der Waals surface area contributed by atoms with Crippen LogP contribution in [0.2, 0.25) is 0 Å². The molecule has 1 atom stereocenters. The van der Waals surface area contributed by atoms with E-state index in [1.165, 1.54) is 0 Å². The summed E-state index contributed by atoms with van der Waals surface area (Å²) in [6.45, 7) is 3.07. The Morgan fingerprint density at radius 3 is 2.76 bits per heavy atom. The Labute approximate surface area is 175 Å². The largest absolute Gasteiger partial charge is 0.495 e. The number of rotatable bonds is 4. The number of hydrogen-bond acceptors (Lipinski definition) is 5. The first-order chi connectivity index (χ1) is 13.6. The minimum absolute atomic E-state index is 0. The van der Waals surface area contributed by atoms with Crippen LogP contribution in [0.15, 0.2) is 30.6 Å². The monoisotopic (exact) mass is 420 g/mol. The number of aryl methyl sites for hydroxylation is 1. The van der Waals surface area contributed by atoms with Gasteiger partial charge in [-0.1, -0.05) is 0 Å². The first-order valence-electron chi connectivity index (χ1n) is 9.32. The number of benzene rings is 1. The fourth-order valence-electron chi connectivity index (χ4n) is 3.78. The van der Waals surface area contributed by atoms with Gasteiger partial charge in [0.2, 0.25) is 0 Å². The van der Waals surface area contributed by atoms with E-state index in [4.69, 9.17) is 4.74 Å². The van der Waals surface area contributed by atoms with Gasteiger partial charge in [-0.05, 0) is 18.2 Å². The molecule has 1 unspecified atom stereocenters. The van der Waals surface area contributed by atoms with E-state index in [1.54, 1.807) is 36.4 Å². The molecule has 0 saturated carbocycles. The first-order valence-corrected chi connectivity index (χ1v) is 9.32. The summed E-state index contributed by atoms with van der Waals surface area (Å²) in [5, 5.41) is 6.12. The Morgan fingerprint density at radius 1 is 1.28 bits per heavy atom. The molecule has 3 heterocycles. The van der Waals surface area contributed by atoms with Crippen LogP contribution in [0.3, 0.4) is 0 Å². The van der Waals surface area contributed by atoms with Crippen LogP contribution < -0.4 is 20.3 Å². The lowest BCUT2D eigenvalue weighted by molar-refractivity contribution is 0.0621. The zero-order valence-corrected chi connectivity index (χ0v) is 17.2. The fourth-order valence-corrected chi connectivity index (χ4v) is 3.78. The maximum absolute atomic E-state index is 13.4. The third-order valence-electron chi connectivity index (χ3n) is 5.23. The van der Waals surface area contributed by atoms with Crippen molar-refractivity contribution in [1.29, 1.82) is 0 Å². The van der Waals surface area contributed by atoms with Crippen molar-refractivity contribution in [3.63, 3.8) is 0 Å². The van der Waals surface area contributed by atoms with Gasteiger partial charge in [0.15, 0.2) is 0 Å². The number of nitrogens with zero attached hydrogens (tertiary/aromatic N) is 4. The van der Waals surface area contributed by atoms with Crippen LogP contribution in [-0.4, -0.2) is 66.2 Å². The van der Waals surface area contributed by atoms with Crippen molar-refractivity contribution in [2.24, 2.45) is 7.05 Å². The van der Waals surface area contributed by atoms with Gasteiger partial charge in [0.25, 0.3) is 5.91 Å². The Bertz CT molecular complexity index is 902. The second kappa shape index (κ2) is 8.71. The number of halogens is 1. The molecule has 2 aromatic rings. The van der Waals surface area contributed by atoms with Crippen molar-refractivity contribution >= 4 is 30.0 Å². The van der Waals surface area contributed by atoms with Crippen LogP contribution in [0.1, 0.15) is 22.2 Å². The van der Waals surface area contributed by atoms with Crippen molar-refractivity contribution in [3.8, 4) is 5.75 Å². The number of carbonyl (C=O) groups excluding carboxylic acids is 2. The summed E-state index contributed by atoms with van der Waals surface area (Å²) in [6, 6.07) is 4.89. The van der Waals surface area contributed by atoms with E-state index in [2.05, 4.69) is 15.6 Å². The molecule has 2 aliphatic heterocycles. The molecule has 0 spiro atoms. The lowest BCUT2D eigenvalue weighted by Crippen LogP contribution is -2.49. The van der Waals surface area contributed by atoms with Crippen molar-refractivity contribution in [2.45, 2.75) is 6.04 Å². The summed E-state index contributed by atoms with van der Waals surface area (Å²) in [6.07, 6.45) is 3.62. The molecule has 3 amide bonds. The van der Waals surface area contributed by atoms with Crippen molar-refractivity contribution in [1.82, 2.24) is 25.1 Å². The van der Waals surface area contributed by atoms with Crippen molar-refractivity contribution in [2.75, 3.05) is 44.7 Å². The summed E-state index contributed by atoms with van der Waals surface area (Å²) in [5.41, 5.74) is 1.13. The predicted octanol–water partition coefficient (Wildman–Crippen LogP) is 1.17. The number of piperazine rings is 1. The normalized spacial score (nSPS) is 19.0. The van der Waals surface area contributed by atoms with Gasteiger partial charge in [0.1, 0.15) is 17.6 Å². The molecule has 1 aromatic heterocycles. The molecule has 2 aliphatic rings. The lowest BCUT2D eigenvalue weighted by atomic mass is 10.1. The average molecular weight is 421 g/mol. The van der Waals surface area contributed by atoms with Crippen LogP contribution in [-0.2, 0) is 7.05 Å². The molecule has 2 fully saturated rings. The average Bonchev–Trinajstić information content (AvgIpc) is 3.34. The van der Waals surface area contributed by atoms with E-state index in [-0.39, 0.29) is 30.4 Å². The molecule has 10 heteroatoms. The molecular formula is C19H25ClN6O3. The number of aromatic nitrogens is 2. The van der Waals surface area contributed by atoms with Gasteiger partial charge < -0.3 is 24.8 Å². The number of imidazole rings is 1. The number of amides is 3. The van der Waals surface area contributed by atoms with Crippen LogP contribution in [0.5, 0.6) is 5.75 Å². The Balaban J connectivity index is 0.00000240. The summed E-state index contributed by atoms with van der Waals surface area (Å²) < 4.78 is 7.35. The van der Waals surface area contributed by atoms with Gasteiger partial charge in [0.05, 0.1) is 12.8 Å². The zero-order valence-electron chi connectivity index (χ0n) is 16.4. The predicted molar refractivity (Wildman–Crippen MR) is 111 cm³/mol. The van der Waals surface area contributed by atoms with E-state index < -0.39 is 0 Å². The number of methoxy groups -OCH3 is 1. The highest BCUT2D eigenvalue weighted by Gasteiger charge is 2.32. The number of carbonyl (C=O) groups is 2. The molecular weight excluding hydrogens is 396 g/mol. The minimum Gasteiger partial charge on any atom is -0.495 e. The Hall–Kier alpha value is -2.78. The van der Waals surface area contributed by atoms with Gasteiger partial charge in [-0.2, -0.15) is 0 Å². The fraction of sp³-hybridized carbons (Fsp3) is 0.421. The van der Waals surface area contributed by atoms with E-state index in [9.17, 15) is 9.59 Å². The van der Waals surface area contributed by atoms with Gasteiger partial charge in [-0.15, -0.1) is 12.4 Å². The topological polar surface area (TPSA) is 91.7 Å². The number of hydrogen-bond donors (Lipinski definition) is 2. The lowest BCUT2D eigenvalue weighted by Gasteiger charge is -2.36. The molecule has 9 nitrogen and oxygen atoms in total. The Kier molecular flexibility index (Phi) is 6.29. The second-order valence-corrected chi connectivity index (χ2v) is 6.89. The van der Waals surface area contributed by atoms with E-state index in [0.717, 1.165) is 12.4 Å². The molecule has 1 aromatic carbocycles. The maximum atomic E-state index is 13.4. The highest BCUT2D eigenvalue weighted by molar-refractivity contribution is 6.00. The minimum atomic E-state index is -0.184. The summed E-state index contributed by atoms with van der Waals surface area (Å²) in [7, 11) is 3.48. The van der Waals surface area contributed by atoms with Crippen molar-refractivity contribution in [3.05, 3.63) is 42.0 Å². The highest BCUT2D eigenvalue weighted by atomic mass is 35.5. The number of ether oxygens (including phenoxy) is 1. The van der Waals surface area contributed by atoms with E-state index in [0.29, 0.717) is 43.2 Å². The third kappa shape index (κ3) is 3.88. The van der Waals surface area contributed by atoms with Crippen LogP contribution in [0, 0.1) is 0 Å². The van der Waals surface area contributed by atoms with Crippen molar-refractivity contribution < 1.29 is 14.3 Å². The molecule has 0 bridgehead atoms. The third-order valence-corrected chi connectivity index (χ3v) is 5.23. The smallest absolute Gasteiger partial charge is 0.322 e. The molecule has 0 radical (unpaired) electrons. The first kappa shape index (κ1) is 20.9. The van der Waals surface area contributed by atoms with E-state index in [1.807, 2.05) is 22.7 Å². The standard InChI is InChI=1S/C19H24N6O3.ClH/c1-23-8-6-21-17(23)15-12-20-5-9-24(15)18(26)13-3-4-16(28-2)14(11-13)25-10-7-22-19(25)27;/h3-4,6,8,11,15,20H,5,7,9-10,12H2,1-2H3,(H,22,27);1H. The number of anilines is 1. The highest BCUT2D eigenvalue weighted by Crippen LogP contribution is 2.32. The molecule has 4 rings (SSSR count). The van der Waals surface area contributed by atoms with Crippen LogP contribution >= 0.6 is 12.4 Å². The van der Waals surface area contributed by atoms with Crippen LogP contribution in [0.25, 0.3) is 0 Å². The summed E-state index contributed by atoms with van der Waals surface area (Å²) >= 11 is 0. The van der Waals surface area contributed by atoms with E-state index >= 15 is 0 Å². The maximum Gasteiger partial charge on any atom is 0.322 e. The number of urea groups is 1. The second-order valence-electron chi connectivity index (χ2n) is 6.89. The SMILES string of the molecule is COc1ccc(C(=O)N2CCNCC2c2nccn2C)cc1N1CCNC1=O.Cl. The van der Waals surface area contributed by atoms with Gasteiger partial charge in [0, 0.05) is 57.7 Å². The summed E-state index contributed by atoms with van der Waals surface area (Å²) in [5.74, 6) is 1.32.